The molecule has 1 aliphatic rings. The molecule has 0 aromatic carbocycles. The Morgan fingerprint density at radius 2 is 2.14 bits per heavy atom. The third-order valence-electron chi connectivity index (χ3n) is 3.56. The number of carbonyl (C=O) groups is 2. The van der Waals surface area contributed by atoms with Crippen LogP contribution in [0, 0.1) is 12.3 Å². The van der Waals surface area contributed by atoms with Gasteiger partial charge in [-0.3, -0.25) is 14.3 Å². The van der Waals surface area contributed by atoms with Gasteiger partial charge in [-0.2, -0.15) is 5.10 Å². The number of rotatable bonds is 3. The van der Waals surface area contributed by atoms with E-state index in [1.54, 1.807) is 17.8 Å². The van der Waals surface area contributed by atoms with Crippen molar-refractivity contribution in [1.29, 1.82) is 0 Å². The molecule has 1 aromatic heterocycles. The zero-order valence-electron chi connectivity index (χ0n) is 13.4. The molecule has 1 atom stereocenters. The molecular formula is C15H24N4O2. The molecule has 1 aromatic rings. The Labute approximate surface area is 125 Å². The second-order valence-corrected chi connectivity index (χ2v) is 7.00. The van der Waals surface area contributed by atoms with Gasteiger partial charge in [-0.25, -0.2) is 0 Å². The highest BCUT2D eigenvalue weighted by atomic mass is 16.2. The first-order valence-corrected chi connectivity index (χ1v) is 7.25. The van der Waals surface area contributed by atoms with Gasteiger partial charge in [0.25, 0.3) is 5.91 Å². The van der Waals surface area contributed by atoms with Gasteiger partial charge in [0.05, 0.1) is 6.04 Å². The summed E-state index contributed by atoms with van der Waals surface area (Å²) in [5, 5.41) is 7.06. The lowest BCUT2D eigenvalue weighted by Crippen LogP contribution is -2.39. The Bertz CT molecular complexity index is 537. The lowest BCUT2D eigenvalue weighted by Gasteiger charge is -2.26. The van der Waals surface area contributed by atoms with Gasteiger partial charge in [-0.1, -0.05) is 20.8 Å². The van der Waals surface area contributed by atoms with E-state index in [9.17, 15) is 9.59 Å². The summed E-state index contributed by atoms with van der Waals surface area (Å²) in [4.78, 5) is 26.0. The molecular weight excluding hydrogens is 268 g/mol. The number of likely N-dealkylation sites (tertiary alicyclic amines) is 1. The maximum absolute atomic E-state index is 12.1. The largest absolute Gasteiger partial charge is 0.346 e. The third kappa shape index (κ3) is 3.83. The number of nitrogens with zero attached hydrogens (tertiary/aromatic N) is 3. The number of nitrogens with one attached hydrogen (secondary N) is 1. The van der Waals surface area contributed by atoms with Crippen molar-refractivity contribution in [2.45, 2.75) is 40.2 Å². The van der Waals surface area contributed by atoms with Gasteiger partial charge < -0.3 is 10.2 Å². The second kappa shape index (κ2) is 5.50. The molecule has 21 heavy (non-hydrogen) atoms. The molecule has 1 saturated heterocycles. The van der Waals surface area contributed by atoms with Gasteiger partial charge in [0.1, 0.15) is 5.69 Å². The average molecular weight is 292 g/mol. The highest BCUT2D eigenvalue weighted by Crippen LogP contribution is 2.20. The van der Waals surface area contributed by atoms with Crippen molar-refractivity contribution in [2.24, 2.45) is 12.5 Å². The zero-order chi connectivity index (χ0) is 15.8. The van der Waals surface area contributed by atoms with Crippen LogP contribution in [-0.4, -0.2) is 45.6 Å². The van der Waals surface area contributed by atoms with Gasteiger partial charge in [-0.15, -0.1) is 0 Å². The Hall–Kier alpha value is -1.85. The Morgan fingerprint density at radius 3 is 2.67 bits per heavy atom. The maximum Gasteiger partial charge on any atom is 0.272 e. The molecule has 0 unspecified atom stereocenters. The number of aromatic nitrogens is 2. The van der Waals surface area contributed by atoms with Crippen molar-refractivity contribution in [3.63, 3.8) is 0 Å². The Kier molecular flexibility index (Phi) is 4.07. The SMILES string of the molecule is Cc1cc(C(=O)N[C@@H]2CC(=O)N(CC(C)(C)C)C2)nn1C. The van der Waals surface area contributed by atoms with Crippen LogP contribution in [0.2, 0.25) is 0 Å². The fraction of sp³-hybridized carbons (Fsp3) is 0.667. The van der Waals surface area contributed by atoms with Crippen LogP contribution in [0.4, 0.5) is 0 Å². The highest BCUT2D eigenvalue weighted by Gasteiger charge is 2.33. The summed E-state index contributed by atoms with van der Waals surface area (Å²) in [5.74, 6) is -0.110. The van der Waals surface area contributed by atoms with Crippen molar-refractivity contribution in [3.8, 4) is 0 Å². The maximum atomic E-state index is 12.1. The van der Waals surface area contributed by atoms with E-state index in [0.717, 1.165) is 5.69 Å². The molecule has 116 valence electrons. The molecule has 0 radical (unpaired) electrons. The van der Waals surface area contributed by atoms with Crippen molar-refractivity contribution >= 4 is 11.8 Å². The number of aryl methyl sites for hydroxylation is 2. The van der Waals surface area contributed by atoms with Crippen LogP contribution >= 0.6 is 0 Å². The molecule has 2 amide bonds. The van der Waals surface area contributed by atoms with Crippen LogP contribution in [0.25, 0.3) is 0 Å². The molecule has 2 rings (SSSR count). The lowest BCUT2D eigenvalue weighted by atomic mass is 9.96. The van der Waals surface area contributed by atoms with E-state index in [0.29, 0.717) is 25.2 Å². The van der Waals surface area contributed by atoms with Gasteiger partial charge >= 0.3 is 0 Å². The predicted octanol–water partition coefficient (Wildman–Crippen LogP) is 1.11. The smallest absolute Gasteiger partial charge is 0.272 e. The zero-order valence-corrected chi connectivity index (χ0v) is 13.4. The monoisotopic (exact) mass is 292 g/mol. The van der Waals surface area contributed by atoms with E-state index in [1.807, 2.05) is 11.8 Å². The first kappa shape index (κ1) is 15.5. The van der Waals surface area contributed by atoms with E-state index >= 15 is 0 Å². The van der Waals surface area contributed by atoms with Crippen LogP contribution < -0.4 is 5.32 Å². The van der Waals surface area contributed by atoms with Gasteiger partial charge in [0.15, 0.2) is 0 Å². The van der Waals surface area contributed by atoms with E-state index in [-0.39, 0.29) is 23.3 Å². The minimum absolute atomic E-state index is 0.0622. The quantitative estimate of drug-likeness (QED) is 0.907. The summed E-state index contributed by atoms with van der Waals surface area (Å²) in [5.41, 5.74) is 1.39. The summed E-state index contributed by atoms with van der Waals surface area (Å²) in [6.07, 6.45) is 0.369. The molecule has 0 spiro atoms. The Balaban J connectivity index is 1.95. The molecule has 2 heterocycles. The topological polar surface area (TPSA) is 67.2 Å². The number of hydrogen-bond donors (Lipinski definition) is 1. The van der Waals surface area contributed by atoms with Crippen molar-refractivity contribution in [1.82, 2.24) is 20.0 Å². The van der Waals surface area contributed by atoms with E-state index < -0.39 is 0 Å². The summed E-state index contributed by atoms with van der Waals surface area (Å²) in [6, 6.07) is 1.62. The normalized spacial score (nSPS) is 19.2. The minimum Gasteiger partial charge on any atom is -0.346 e. The van der Waals surface area contributed by atoms with E-state index in [2.05, 4.69) is 31.2 Å². The summed E-state index contributed by atoms with van der Waals surface area (Å²) in [6.45, 7) is 9.48. The molecule has 0 bridgehead atoms. The average Bonchev–Trinajstić information content (AvgIpc) is 2.82. The van der Waals surface area contributed by atoms with Crippen LogP contribution in [0.3, 0.4) is 0 Å². The molecule has 1 aliphatic heterocycles. The standard InChI is InChI=1S/C15H24N4O2/c1-10-6-12(17-18(10)5)14(21)16-11-7-13(20)19(8-11)9-15(2,3)4/h6,11H,7-9H2,1-5H3,(H,16,21)/t11-/m1/s1. The number of carbonyl (C=O) groups excluding carboxylic acids is 2. The van der Waals surface area contributed by atoms with Crippen LogP contribution in [0.1, 0.15) is 43.4 Å². The first-order chi connectivity index (χ1) is 9.65. The molecule has 1 N–H and O–H groups in total. The Morgan fingerprint density at radius 1 is 1.48 bits per heavy atom. The van der Waals surface area contributed by atoms with Crippen LogP contribution in [-0.2, 0) is 11.8 Å². The summed E-state index contributed by atoms with van der Waals surface area (Å²) >= 11 is 0. The minimum atomic E-state index is -0.214. The van der Waals surface area contributed by atoms with Crippen LogP contribution in [0.5, 0.6) is 0 Å². The molecule has 1 fully saturated rings. The van der Waals surface area contributed by atoms with Crippen LogP contribution in [0.15, 0.2) is 6.07 Å². The highest BCUT2D eigenvalue weighted by molar-refractivity contribution is 5.93. The van der Waals surface area contributed by atoms with Gasteiger partial charge in [0, 0.05) is 32.3 Å². The molecule has 6 nitrogen and oxygen atoms in total. The van der Waals surface area contributed by atoms with E-state index in [1.165, 1.54) is 0 Å². The summed E-state index contributed by atoms with van der Waals surface area (Å²) in [7, 11) is 1.80. The molecule has 6 heteroatoms. The van der Waals surface area contributed by atoms with Gasteiger partial charge in [0.2, 0.25) is 5.91 Å². The number of amides is 2. The first-order valence-electron chi connectivity index (χ1n) is 7.25. The van der Waals surface area contributed by atoms with E-state index in [4.69, 9.17) is 0 Å². The fourth-order valence-electron chi connectivity index (χ4n) is 2.53. The van der Waals surface area contributed by atoms with Crippen molar-refractivity contribution in [3.05, 3.63) is 17.5 Å². The second-order valence-electron chi connectivity index (χ2n) is 7.00. The predicted molar refractivity (Wildman–Crippen MR) is 79.9 cm³/mol. The summed E-state index contributed by atoms with van der Waals surface area (Å²) < 4.78 is 1.67. The van der Waals surface area contributed by atoms with Crippen molar-refractivity contribution in [2.75, 3.05) is 13.1 Å². The molecule has 0 aliphatic carbocycles. The fourth-order valence-corrected chi connectivity index (χ4v) is 2.53. The van der Waals surface area contributed by atoms with Gasteiger partial charge in [-0.05, 0) is 18.4 Å². The molecule has 0 saturated carbocycles. The van der Waals surface area contributed by atoms with Crippen molar-refractivity contribution < 1.29 is 9.59 Å². The number of hydrogen-bond acceptors (Lipinski definition) is 3. The third-order valence-corrected chi connectivity index (χ3v) is 3.56. The lowest BCUT2D eigenvalue weighted by molar-refractivity contribution is -0.128.